The van der Waals surface area contributed by atoms with Crippen molar-refractivity contribution in [2.75, 3.05) is 5.32 Å². The Labute approximate surface area is 129 Å². The molecule has 1 amide bonds. The molecular formula is C16H19FN4O. The molecule has 1 aromatic heterocycles. The van der Waals surface area contributed by atoms with Crippen LogP contribution in [0.15, 0.2) is 36.7 Å². The molecule has 0 bridgehead atoms. The zero-order chi connectivity index (χ0) is 15.9. The number of hydrogen-bond donors (Lipinski definition) is 2. The van der Waals surface area contributed by atoms with Gasteiger partial charge >= 0.3 is 0 Å². The number of amides is 1. The van der Waals surface area contributed by atoms with Crippen molar-refractivity contribution in [1.82, 2.24) is 15.3 Å². The van der Waals surface area contributed by atoms with E-state index in [9.17, 15) is 9.18 Å². The minimum absolute atomic E-state index is 0.111. The van der Waals surface area contributed by atoms with Crippen LogP contribution in [-0.2, 0) is 6.54 Å². The third kappa shape index (κ3) is 4.25. The molecular weight excluding hydrogens is 283 g/mol. The number of benzene rings is 1. The summed E-state index contributed by atoms with van der Waals surface area (Å²) in [4.78, 5) is 20.2. The monoisotopic (exact) mass is 302 g/mol. The van der Waals surface area contributed by atoms with Crippen molar-refractivity contribution < 1.29 is 9.18 Å². The molecule has 0 fully saturated rings. The van der Waals surface area contributed by atoms with Crippen LogP contribution in [0, 0.1) is 5.82 Å². The fourth-order valence-electron chi connectivity index (χ4n) is 1.78. The molecule has 0 saturated carbocycles. The van der Waals surface area contributed by atoms with Gasteiger partial charge < -0.3 is 10.6 Å². The Morgan fingerprint density at radius 1 is 1.27 bits per heavy atom. The second kappa shape index (κ2) is 7.49. The van der Waals surface area contributed by atoms with Crippen LogP contribution >= 0.6 is 0 Å². The van der Waals surface area contributed by atoms with Crippen molar-refractivity contribution in [3.05, 3.63) is 53.7 Å². The van der Waals surface area contributed by atoms with Gasteiger partial charge in [-0.05, 0) is 19.4 Å². The van der Waals surface area contributed by atoms with Crippen molar-refractivity contribution in [3.63, 3.8) is 0 Å². The Bertz CT molecular complexity index is 630. The molecule has 2 aromatic rings. The molecule has 116 valence electrons. The molecule has 1 atom stereocenters. The zero-order valence-corrected chi connectivity index (χ0v) is 12.6. The number of nitrogens with one attached hydrogen (secondary N) is 2. The first-order valence-electron chi connectivity index (χ1n) is 7.20. The van der Waals surface area contributed by atoms with E-state index in [0.717, 1.165) is 6.42 Å². The molecule has 0 saturated heterocycles. The molecule has 6 heteroatoms. The summed E-state index contributed by atoms with van der Waals surface area (Å²) in [6.07, 6.45) is 3.89. The van der Waals surface area contributed by atoms with Gasteiger partial charge in [-0.15, -0.1) is 0 Å². The summed E-state index contributed by atoms with van der Waals surface area (Å²) in [6.45, 7) is 4.21. The number of nitrogens with zero attached hydrogens (tertiary/aromatic N) is 2. The molecule has 0 radical (unpaired) electrons. The number of hydrogen-bond acceptors (Lipinski definition) is 4. The van der Waals surface area contributed by atoms with Crippen molar-refractivity contribution in [2.24, 2.45) is 0 Å². The summed E-state index contributed by atoms with van der Waals surface area (Å²) >= 11 is 0. The van der Waals surface area contributed by atoms with Gasteiger partial charge in [0.2, 0.25) is 0 Å². The van der Waals surface area contributed by atoms with E-state index in [0.29, 0.717) is 11.4 Å². The molecule has 2 N–H and O–H groups in total. The molecule has 1 unspecified atom stereocenters. The smallest absolute Gasteiger partial charge is 0.271 e. The number of anilines is 1. The maximum absolute atomic E-state index is 13.5. The molecule has 5 nitrogen and oxygen atoms in total. The number of halogens is 1. The van der Waals surface area contributed by atoms with Gasteiger partial charge in [0.1, 0.15) is 17.3 Å². The van der Waals surface area contributed by atoms with E-state index in [-0.39, 0.29) is 30.0 Å². The Balaban J connectivity index is 1.94. The van der Waals surface area contributed by atoms with Gasteiger partial charge in [-0.3, -0.25) is 4.79 Å². The zero-order valence-electron chi connectivity index (χ0n) is 12.6. The first-order valence-corrected chi connectivity index (χ1v) is 7.20. The van der Waals surface area contributed by atoms with Gasteiger partial charge in [0.15, 0.2) is 0 Å². The van der Waals surface area contributed by atoms with Crippen molar-refractivity contribution in [2.45, 2.75) is 32.9 Å². The van der Waals surface area contributed by atoms with E-state index in [1.54, 1.807) is 18.2 Å². The Morgan fingerprint density at radius 2 is 2.05 bits per heavy atom. The van der Waals surface area contributed by atoms with Crippen LogP contribution in [0.1, 0.15) is 36.3 Å². The van der Waals surface area contributed by atoms with Gasteiger partial charge in [-0.1, -0.05) is 25.1 Å². The highest BCUT2D eigenvalue weighted by molar-refractivity contribution is 5.91. The van der Waals surface area contributed by atoms with E-state index < -0.39 is 0 Å². The Morgan fingerprint density at radius 3 is 2.68 bits per heavy atom. The average Bonchev–Trinajstić information content (AvgIpc) is 2.54. The average molecular weight is 302 g/mol. The van der Waals surface area contributed by atoms with Gasteiger partial charge in [0.25, 0.3) is 5.91 Å². The summed E-state index contributed by atoms with van der Waals surface area (Å²) in [5.41, 5.74) is 0.630. The van der Waals surface area contributed by atoms with Crippen LogP contribution in [-0.4, -0.2) is 21.9 Å². The van der Waals surface area contributed by atoms with Gasteiger partial charge in [-0.2, -0.15) is 0 Å². The number of rotatable bonds is 6. The van der Waals surface area contributed by atoms with Gasteiger partial charge in [0, 0.05) is 18.2 Å². The fraction of sp³-hybridized carbons (Fsp3) is 0.312. The standard InChI is InChI=1S/C16H19FN4O/c1-3-11(2)21-15-10-18-14(9-19-15)16(22)20-8-12-6-4-5-7-13(12)17/h4-7,9-11H,3,8H2,1-2H3,(H,19,21)(H,20,22). The van der Waals surface area contributed by atoms with Crippen LogP contribution in [0.25, 0.3) is 0 Å². The molecule has 22 heavy (non-hydrogen) atoms. The minimum atomic E-state index is -0.383. The summed E-state index contributed by atoms with van der Waals surface area (Å²) in [5, 5.41) is 5.79. The maximum atomic E-state index is 13.5. The maximum Gasteiger partial charge on any atom is 0.271 e. The number of carbonyl (C=O) groups is 1. The van der Waals surface area contributed by atoms with Gasteiger partial charge in [0.05, 0.1) is 12.4 Å². The minimum Gasteiger partial charge on any atom is -0.366 e. The molecule has 1 aromatic carbocycles. The lowest BCUT2D eigenvalue weighted by Crippen LogP contribution is -2.24. The summed E-state index contributed by atoms with van der Waals surface area (Å²) < 4.78 is 13.5. The fourth-order valence-corrected chi connectivity index (χ4v) is 1.78. The Hall–Kier alpha value is -2.50. The van der Waals surface area contributed by atoms with Crippen LogP contribution in [0.5, 0.6) is 0 Å². The van der Waals surface area contributed by atoms with Crippen molar-refractivity contribution >= 4 is 11.7 Å². The topological polar surface area (TPSA) is 66.9 Å². The molecule has 0 aliphatic carbocycles. The number of carbonyl (C=O) groups excluding carboxylic acids is 1. The quantitative estimate of drug-likeness (QED) is 0.861. The van der Waals surface area contributed by atoms with E-state index in [1.165, 1.54) is 18.5 Å². The molecule has 0 aliphatic rings. The molecule has 0 spiro atoms. The van der Waals surface area contributed by atoms with Crippen molar-refractivity contribution in [1.29, 1.82) is 0 Å². The van der Waals surface area contributed by atoms with Crippen LogP contribution < -0.4 is 10.6 Å². The van der Waals surface area contributed by atoms with Crippen LogP contribution in [0.4, 0.5) is 10.2 Å². The van der Waals surface area contributed by atoms with E-state index >= 15 is 0 Å². The molecule has 1 heterocycles. The molecule has 2 rings (SSSR count). The highest BCUT2D eigenvalue weighted by Gasteiger charge is 2.09. The van der Waals surface area contributed by atoms with E-state index in [1.807, 2.05) is 6.92 Å². The van der Waals surface area contributed by atoms with Gasteiger partial charge in [-0.25, -0.2) is 14.4 Å². The lowest BCUT2D eigenvalue weighted by atomic mass is 10.2. The van der Waals surface area contributed by atoms with E-state index in [2.05, 4.69) is 27.5 Å². The highest BCUT2D eigenvalue weighted by Crippen LogP contribution is 2.07. The summed E-state index contributed by atoms with van der Waals surface area (Å²) in [5.74, 6) is -0.104. The SMILES string of the molecule is CCC(C)Nc1cnc(C(=O)NCc2ccccc2F)cn1. The molecule has 0 aliphatic heterocycles. The first kappa shape index (κ1) is 15.9. The van der Waals surface area contributed by atoms with Crippen LogP contribution in [0.2, 0.25) is 0 Å². The summed E-state index contributed by atoms with van der Waals surface area (Å²) in [7, 11) is 0. The number of aromatic nitrogens is 2. The van der Waals surface area contributed by atoms with E-state index in [4.69, 9.17) is 0 Å². The van der Waals surface area contributed by atoms with Crippen molar-refractivity contribution in [3.8, 4) is 0 Å². The third-order valence-electron chi connectivity index (χ3n) is 3.29. The normalized spacial score (nSPS) is 11.8. The third-order valence-corrected chi connectivity index (χ3v) is 3.29. The lowest BCUT2D eigenvalue weighted by molar-refractivity contribution is 0.0945. The lowest BCUT2D eigenvalue weighted by Gasteiger charge is -2.11. The first-order chi connectivity index (χ1) is 10.6. The highest BCUT2D eigenvalue weighted by atomic mass is 19.1. The second-order valence-corrected chi connectivity index (χ2v) is 5.01. The largest absolute Gasteiger partial charge is 0.366 e. The Kier molecular flexibility index (Phi) is 5.41. The van der Waals surface area contributed by atoms with Crippen LogP contribution in [0.3, 0.4) is 0 Å². The predicted molar refractivity (Wildman–Crippen MR) is 83.0 cm³/mol. The second-order valence-electron chi connectivity index (χ2n) is 5.01. The predicted octanol–water partition coefficient (Wildman–Crippen LogP) is 2.76. The summed E-state index contributed by atoms with van der Waals surface area (Å²) in [6, 6.07) is 6.60.